The first-order valence-corrected chi connectivity index (χ1v) is 7.51. The summed E-state index contributed by atoms with van der Waals surface area (Å²) in [5, 5.41) is 0. The van der Waals surface area contributed by atoms with Crippen molar-refractivity contribution in [3.63, 3.8) is 0 Å². The molecule has 0 saturated carbocycles. The quantitative estimate of drug-likeness (QED) is 0.430. The molecule has 4 nitrogen and oxygen atoms in total. The standard InChI is InChI=1S/C18H28O4/c1-12(2)14(19)11-9-10-13(15(20)17(3,4)5)16(21)18(6,7)22-8/h12-13H,10H2,1-8H3. The van der Waals surface area contributed by atoms with Crippen molar-refractivity contribution in [1.29, 1.82) is 0 Å². The number of ketones is 3. The molecular formula is C18H28O4. The van der Waals surface area contributed by atoms with E-state index in [1.807, 2.05) is 0 Å². The summed E-state index contributed by atoms with van der Waals surface area (Å²) in [6, 6.07) is 0. The Morgan fingerprint density at radius 1 is 1.00 bits per heavy atom. The van der Waals surface area contributed by atoms with Crippen LogP contribution in [-0.2, 0) is 19.1 Å². The first-order valence-electron chi connectivity index (χ1n) is 7.51. The molecule has 0 aliphatic rings. The van der Waals surface area contributed by atoms with Gasteiger partial charge in [0.15, 0.2) is 5.78 Å². The minimum atomic E-state index is -1.06. The molecule has 0 spiro atoms. The molecule has 4 heteroatoms. The molecule has 0 rings (SSSR count). The van der Waals surface area contributed by atoms with E-state index in [-0.39, 0.29) is 29.7 Å². The zero-order chi connectivity index (χ0) is 17.7. The lowest BCUT2D eigenvalue weighted by molar-refractivity contribution is -0.148. The summed E-state index contributed by atoms with van der Waals surface area (Å²) in [6.45, 7) is 12.1. The SMILES string of the molecule is COC(C)(C)C(=O)C(CC#CC(=O)C(C)C)C(=O)C(C)(C)C. The van der Waals surface area contributed by atoms with Crippen molar-refractivity contribution < 1.29 is 19.1 Å². The highest BCUT2D eigenvalue weighted by Crippen LogP contribution is 2.27. The van der Waals surface area contributed by atoms with Crippen LogP contribution in [0.1, 0.15) is 54.9 Å². The summed E-state index contributed by atoms with van der Waals surface area (Å²) in [7, 11) is 1.44. The molecule has 0 saturated heterocycles. The van der Waals surface area contributed by atoms with Crippen LogP contribution in [0.5, 0.6) is 0 Å². The van der Waals surface area contributed by atoms with Crippen LogP contribution in [0.3, 0.4) is 0 Å². The van der Waals surface area contributed by atoms with E-state index in [1.54, 1.807) is 48.5 Å². The maximum atomic E-state index is 12.6. The zero-order valence-corrected chi connectivity index (χ0v) is 15.0. The van der Waals surface area contributed by atoms with Gasteiger partial charge >= 0.3 is 0 Å². The van der Waals surface area contributed by atoms with E-state index in [1.165, 1.54) is 7.11 Å². The lowest BCUT2D eigenvalue weighted by Gasteiger charge is -2.29. The molecule has 0 radical (unpaired) electrons. The fraction of sp³-hybridized carbons (Fsp3) is 0.722. The second-order valence-corrected chi connectivity index (χ2v) is 7.27. The van der Waals surface area contributed by atoms with Gasteiger partial charge in [-0.15, -0.1) is 0 Å². The minimum Gasteiger partial charge on any atom is -0.371 e. The first kappa shape index (κ1) is 20.5. The Hall–Kier alpha value is -1.47. The topological polar surface area (TPSA) is 60.4 Å². The number of hydrogen-bond donors (Lipinski definition) is 0. The molecule has 0 fully saturated rings. The van der Waals surface area contributed by atoms with Gasteiger partial charge in [-0.25, -0.2) is 0 Å². The maximum absolute atomic E-state index is 12.6. The van der Waals surface area contributed by atoms with Crippen LogP contribution in [0.25, 0.3) is 0 Å². The fourth-order valence-corrected chi connectivity index (χ4v) is 1.73. The van der Waals surface area contributed by atoms with Crippen molar-refractivity contribution in [2.24, 2.45) is 17.3 Å². The third kappa shape index (κ3) is 5.73. The molecule has 0 aliphatic heterocycles. The molecule has 1 unspecified atom stereocenters. The number of hydrogen-bond acceptors (Lipinski definition) is 4. The molecule has 0 heterocycles. The van der Waals surface area contributed by atoms with Crippen LogP contribution in [0.2, 0.25) is 0 Å². The second-order valence-electron chi connectivity index (χ2n) is 7.27. The number of ether oxygens (including phenoxy) is 1. The predicted octanol–water partition coefficient (Wildman–Crippen LogP) is 2.83. The van der Waals surface area contributed by atoms with Gasteiger partial charge in [0.05, 0.1) is 5.92 Å². The van der Waals surface area contributed by atoms with Gasteiger partial charge in [0.2, 0.25) is 5.78 Å². The third-order valence-corrected chi connectivity index (χ3v) is 3.52. The van der Waals surface area contributed by atoms with Crippen LogP contribution in [0, 0.1) is 29.1 Å². The van der Waals surface area contributed by atoms with E-state index in [9.17, 15) is 14.4 Å². The summed E-state index contributed by atoms with van der Waals surface area (Å²) < 4.78 is 5.19. The molecule has 1 atom stereocenters. The normalized spacial score (nSPS) is 13.3. The van der Waals surface area contributed by atoms with Crippen molar-refractivity contribution in [1.82, 2.24) is 0 Å². The van der Waals surface area contributed by atoms with Crippen molar-refractivity contribution in [3.8, 4) is 11.8 Å². The average Bonchev–Trinajstić information content (AvgIpc) is 2.40. The lowest BCUT2D eigenvalue weighted by Crippen LogP contribution is -2.44. The molecule has 124 valence electrons. The van der Waals surface area contributed by atoms with Crippen LogP contribution in [0.15, 0.2) is 0 Å². The Bertz CT molecular complexity index is 495. The van der Waals surface area contributed by atoms with Gasteiger partial charge < -0.3 is 4.74 Å². The van der Waals surface area contributed by atoms with Crippen LogP contribution in [0.4, 0.5) is 0 Å². The zero-order valence-electron chi connectivity index (χ0n) is 15.0. The van der Waals surface area contributed by atoms with Gasteiger partial charge in [-0.1, -0.05) is 40.5 Å². The van der Waals surface area contributed by atoms with Crippen molar-refractivity contribution in [2.75, 3.05) is 7.11 Å². The first-order chi connectivity index (χ1) is 9.84. The minimum absolute atomic E-state index is 0.0419. The summed E-state index contributed by atoms with van der Waals surface area (Å²) in [5.41, 5.74) is -1.72. The van der Waals surface area contributed by atoms with Crippen molar-refractivity contribution in [3.05, 3.63) is 0 Å². The summed E-state index contributed by atoms with van der Waals surface area (Å²) >= 11 is 0. The van der Waals surface area contributed by atoms with Crippen LogP contribution >= 0.6 is 0 Å². The number of rotatable bonds is 6. The smallest absolute Gasteiger partial charge is 0.207 e. The Balaban J connectivity index is 5.43. The molecule has 0 aromatic carbocycles. The number of methoxy groups -OCH3 is 1. The number of Topliss-reactive ketones (excluding diaryl/α,β-unsaturated/α-hetero) is 3. The summed E-state index contributed by atoms with van der Waals surface area (Å²) in [6.07, 6.45) is 0.0419. The Kier molecular flexibility index (Phi) is 7.18. The summed E-state index contributed by atoms with van der Waals surface area (Å²) in [4.78, 5) is 36.7. The van der Waals surface area contributed by atoms with Gasteiger partial charge in [0.25, 0.3) is 0 Å². The number of carbonyl (C=O) groups excluding carboxylic acids is 3. The summed E-state index contributed by atoms with van der Waals surface area (Å²) in [5.74, 6) is 3.45. The highest BCUT2D eigenvalue weighted by Gasteiger charge is 2.40. The maximum Gasteiger partial charge on any atom is 0.207 e. The van der Waals surface area contributed by atoms with Gasteiger partial charge in [0, 0.05) is 24.9 Å². The number of carbonyl (C=O) groups is 3. The van der Waals surface area contributed by atoms with E-state index >= 15 is 0 Å². The molecule has 0 aliphatic carbocycles. The monoisotopic (exact) mass is 308 g/mol. The lowest BCUT2D eigenvalue weighted by atomic mass is 9.76. The molecule has 0 N–H and O–H groups in total. The van der Waals surface area contributed by atoms with Crippen LogP contribution < -0.4 is 0 Å². The van der Waals surface area contributed by atoms with E-state index < -0.39 is 16.9 Å². The molecule has 0 amide bonds. The van der Waals surface area contributed by atoms with E-state index in [4.69, 9.17) is 4.74 Å². The fourth-order valence-electron chi connectivity index (χ4n) is 1.73. The Morgan fingerprint density at radius 2 is 1.50 bits per heavy atom. The highest BCUT2D eigenvalue weighted by molar-refractivity contribution is 6.08. The van der Waals surface area contributed by atoms with Gasteiger partial charge in [-0.3, -0.25) is 14.4 Å². The predicted molar refractivity (Wildman–Crippen MR) is 86.3 cm³/mol. The molecular weight excluding hydrogens is 280 g/mol. The molecule has 0 aromatic rings. The molecule has 0 bridgehead atoms. The largest absolute Gasteiger partial charge is 0.371 e. The third-order valence-electron chi connectivity index (χ3n) is 3.52. The van der Waals surface area contributed by atoms with E-state index in [0.29, 0.717) is 0 Å². The van der Waals surface area contributed by atoms with Crippen LogP contribution in [-0.4, -0.2) is 30.1 Å². The highest BCUT2D eigenvalue weighted by atomic mass is 16.5. The van der Waals surface area contributed by atoms with Gasteiger partial charge in [0.1, 0.15) is 11.4 Å². The van der Waals surface area contributed by atoms with Crippen molar-refractivity contribution in [2.45, 2.75) is 60.5 Å². The Labute approximate surface area is 134 Å². The van der Waals surface area contributed by atoms with E-state index in [0.717, 1.165) is 0 Å². The van der Waals surface area contributed by atoms with Gasteiger partial charge in [-0.2, -0.15) is 0 Å². The molecule has 0 aromatic heterocycles. The van der Waals surface area contributed by atoms with Gasteiger partial charge in [-0.05, 0) is 19.8 Å². The van der Waals surface area contributed by atoms with Crippen molar-refractivity contribution >= 4 is 17.3 Å². The molecule has 22 heavy (non-hydrogen) atoms. The van der Waals surface area contributed by atoms with E-state index in [2.05, 4.69) is 11.8 Å². The Morgan fingerprint density at radius 3 is 1.86 bits per heavy atom. The second kappa shape index (κ2) is 7.69. The average molecular weight is 308 g/mol.